The van der Waals surface area contributed by atoms with E-state index in [-0.39, 0.29) is 5.78 Å². The number of hydrogen-bond acceptors (Lipinski definition) is 3. The Balaban J connectivity index is 1.95. The molecule has 0 bridgehead atoms. The maximum Gasteiger partial charge on any atom is 0.194 e. The maximum atomic E-state index is 11.5. The van der Waals surface area contributed by atoms with Crippen LogP contribution in [0.5, 0.6) is 5.75 Å². The van der Waals surface area contributed by atoms with Crippen LogP contribution in [-0.2, 0) is 6.61 Å². The number of benzene rings is 2. The molecule has 1 heterocycles. The van der Waals surface area contributed by atoms with Crippen LogP contribution in [0.4, 0.5) is 0 Å². The van der Waals surface area contributed by atoms with E-state index in [1.165, 1.54) is 6.92 Å². The van der Waals surface area contributed by atoms with Gasteiger partial charge in [0.1, 0.15) is 17.9 Å². The molecule has 4 heteroatoms. The molecule has 3 nitrogen and oxygen atoms in total. The van der Waals surface area contributed by atoms with E-state index in [0.29, 0.717) is 18.0 Å². The predicted molar refractivity (Wildman–Crippen MR) is 89.7 cm³/mol. The van der Waals surface area contributed by atoms with Gasteiger partial charge in [-0.25, -0.2) is 0 Å². The molecular formula is C17H13IO3. The van der Waals surface area contributed by atoms with Crippen molar-refractivity contribution in [1.82, 2.24) is 0 Å². The Kier molecular flexibility index (Phi) is 3.96. The first kappa shape index (κ1) is 14.1. The standard InChI is InChI=1S/C17H13IO3/c1-11(19)15-9-14-16(7-13(18)8-17(14)21-15)20-10-12-5-3-2-4-6-12/h2-9H,10H2,1H3. The number of fused-ring (bicyclic) bond motifs is 1. The number of halogens is 1. The Hall–Kier alpha value is -1.82. The quantitative estimate of drug-likeness (QED) is 0.472. The molecule has 0 unspecified atom stereocenters. The highest BCUT2D eigenvalue weighted by molar-refractivity contribution is 14.1. The van der Waals surface area contributed by atoms with Gasteiger partial charge in [-0.3, -0.25) is 4.79 Å². The normalized spacial score (nSPS) is 10.8. The van der Waals surface area contributed by atoms with Gasteiger partial charge in [-0.2, -0.15) is 0 Å². The lowest BCUT2D eigenvalue weighted by atomic mass is 10.2. The highest BCUT2D eigenvalue weighted by Crippen LogP contribution is 2.32. The Labute approximate surface area is 136 Å². The van der Waals surface area contributed by atoms with Gasteiger partial charge in [0.2, 0.25) is 0 Å². The maximum absolute atomic E-state index is 11.5. The Morgan fingerprint density at radius 2 is 1.95 bits per heavy atom. The van der Waals surface area contributed by atoms with Gasteiger partial charge < -0.3 is 9.15 Å². The van der Waals surface area contributed by atoms with Crippen LogP contribution < -0.4 is 4.74 Å². The van der Waals surface area contributed by atoms with Crippen LogP contribution in [0.3, 0.4) is 0 Å². The Morgan fingerprint density at radius 1 is 1.19 bits per heavy atom. The summed E-state index contributed by atoms with van der Waals surface area (Å²) in [6.07, 6.45) is 0. The summed E-state index contributed by atoms with van der Waals surface area (Å²) in [5, 5.41) is 0.830. The van der Waals surface area contributed by atoms with Crippen LogP contribution in [0.15, 0.2) is 52.9 Å². The van der Waals surface area contributed by atoms with Gasteiger partial charge in [-0.05, 0) is 46.4 Å². The van der Waals surface area contributed by atoms with Gasteiger partial charge in [-0.1, -0.05) is 30.3 Å². The third kappa shape index (κ3) is 3.10. The van der Waals surface area contributed by atoms with E-state index in [1.54, 1.807) is 6.07 Å². The van der Waals surface area contributed by atoms with Gasteiger partial charge in [0.15, 0.2) is 11.5 Å². The summed E-state index contributed by atoms with van der Waals surface area (Å²) < 4.78 is 12.5. The fraction of sp³-hybridized carbons (Fsp3) is 0.118. The molecule has 0 radical (unpaired) electrons. The van der Waals surface area contributed by atoms with Crippen molar-refractivity contribution in [1.29, 1.82) is 0 Å². The zero-order chi connectivity index (χ0) is 14.8. The molecule has 1 aromatic heterocycles. The third-order valence-corrected chi connectivity index (χ3v) is 3.77. The van der Waals surface area contributed by atoms with Crippen LogP contribution in [0.25, 0.3) is 11.0 Å². The number of ketones is 1. The summed E-state index contributed by atoms with van der Waals surface area (Å²) >= 11 is 2.21. The summed E-state index contributed by atoms with van der Waals surface area (Å²) in [6, 6.07) is 15.6. The smallest absolute Gasteiger partial charge is 0.194 e. The van der Waals surface area contributed by atoms with Gasteiger partial charge in [0.05, 0.1) is 5.39 Å². The van der Waals surface area contributed by atoms with Gasteiger partial charge in [-0.15, -0.1) is 0 Å². The van der Waals surface area contributed by atoms with Gasteiger partial charge in [0, 0.05) is 10.5 Å². The number of Topliss-reactive ketones (excluding diaryl/α,β-unsaturated/α-hetero) is 1. The van der Waals surface area contributed by atoms with Crippen molar-refractivity contribution in [2.24, 2.45) is 0 Å². The molecule has 0 aliphatic carbocycles. The van der Waals surface area contributed by atoms with Crippen molar-refractivity contribution in [3.63, 3.8) is 0 Å². The van der Waals surface area contributed by atoms with Crippen molar-refractivity contribution in [2.75, 3.05) is 0 Å². The minimum absolute atomic E-state index is 0.0878. The Morgan fingerprint density at radius 3 is 2.67 bits per heavy atom. The fourth-order valence-electron chi connectivity index (χ4n) is 2.10. The molecule has 21 heavy (non-hydrogen) atoms. The topological polar surface area (TPSA) is 39.4 Å². The largest absolute Gasteiger partial charge is 0.488 e. The van der Waals surface area contributed by atoms with Crippen LogP contribution in [0.2, 0.25) is 0 Å². The van der Waals surface area contributed by atoms with E-state index in [4.69, 9.17) is 9.15 Å². The number of carbonyl (C=O) groups excluding carboxylic acids is 1. The second-order valence-electron chi connectivity index (χ2n) is 4.76. The number of hydrogen-bond donors (Lipinski definition) is 0. The zero-order valence-electron chi connectivity index (χ0n) is 11.4. The molecule has 0 amide bonds. The second kappa shape index (κ2) is 5.89. The zero-order valence-corrected chi connectivity index (χ0v) is 13.6. The van der Waals surface area contributed by atoms with Crippen molar-refractivity contribution in [2.45, 2.75) is 13.5 Å². The molecule has 0 aliphatic heterocycles. The monoisotopic (exact) mass is 392 g/mol. The second-order valence-corrected chi connectivity index (χ2v) is 6.00. The van der Waals surface area contributed by atoms with Crippen molar-refractivity contribution in [3.05, 3.63) is 63.4 Å². The molecule has 0 saturated carbocycles. The minimum Gasteiger partial charge on any atom is -0.488 e. The first-order valence-electron chi connectivity index (χ1n) is 6.54. The highest BCUT2D eigenvalue weighted by Gasteiger charge is 2.13. The molecule has 2 aromatic carbocycles. The van der Waals surface area contributed by atoms with E-state index in [9.17, 15) is 4.79 Å². The lowest BCUT2D eigenvalue weighted by Crippen LogP contribution is -1.95. The molecule has 3 rings (SSSR count). The molecule has 0 spiro atoms. The molecule has 0 N–H and O–H groups in total. The summed E-state index contributed by atoms with van der Waals surface area (Å²) in [4.78, 5) is 11.5. The molecule has 0 fully saturated rings. The van der Waals surface area contributed by atoms with Crippen LogP contribution in [-0.4, -0.2) is 5.78 Å². The minimum atomic E-state index is -0.0878. The van der Waals surface area contributed by atoms with Gasteiger partial charge >= 0.3 is 0 Å². The molecule has 0 saturated heterocycles. The molecule has 106 valence electrons. The molecule has 0 aliphatic rings. The third-order valence-electron chi connectivity index (χ3n) is 3.15. The van der Waals surface area contributed by atoms with E-state index < -0.39 is 0 Å². The number of rotatable bonds is 4. The fourth-order valence-corrected chi connectivity index (χ4v) is 2.67. The van der Waals surface area contributed by atoms with Crippen molar-refractivity contribution in [3.8, 4) is 5.75 Å². The molecule has 3 aromatic rings. The molecule has 0 atom stereocenters. The van der Waals surface area contributed by atoms with Crippen LogP contribution in [0.1, 0.15) is 23.0 Å². The summed E-state index contributed by atoms with van der Waals surface area (Å²) in [6.45, 7) is 1.98. The van der Waals surface area contributed by atoms with Crippen molar-refractivity contribution < 1.29 is 13.9 Å². The Bertz CT molecular complexity index is 790. The van der Waals surface area contributed by atoms with E-state index in [1.807, 2.05) is 42.5 Å². The lowest BCUT2D eigenvalue weighted by Gasteiger charge is -2.07. The average molecular weight is 392 g/mol. The SMILES string of the molecule is CC(=O)c1cc2c(OCc3ccccc3)cc(I)cc2o1. The summed E-state index contributed by atoms with van der Waals surface area (Å²) in [5.74, 6) is 1.00. The molecular weight excluding hydrogens is 379 g/mol. The average Bonchev–Trinajstić information content (AvgIpc) is 2.90. The number of ether oxygens (including phenoxy) is 1. The van der Waals surface area contributed by atoms with E-state index in [2.05, 4.69) is 22.6 Å². The summed E-state index contributed by atoms with van der Waals surface area (Å²) in [5.41, 5.74) is 1.77. The van der Waals surface area contributed by atoms with Crippen LogP contribution >= 0.6 is 22.6 Å². The van der Waals surface area contributed by atoms with Crippen LogP contribution in [0, 0.1) is 3.57 Å². The lowest BCUT2D eigenvalue weighted by molar-refractivity contribution is 0.0989. The first-order chi connectivity index (χ1) is 10.1. The highest BCUT2D eigenvalue weighted by atomic mass is 127. The summed E-state index contributed by atoms with van der Waals surface area (Å²) in [7, 11) is 0. The van der Waals surface area contributed by atoms with E-state index in [0.717, 1.165) is 20.3 Å². The van der Waals surface area contributed by atoms with Crippen molar-refractivity contribution >= 4 is 39.3 Å². The number of carbonyl (C=O) groups is 1. The van der Waals surface area contributed by atoms with E-state index >= 15 is 0 Å². The first-order valence-corrected chi connectivity index (χ1v) is 7.62. The van der Waals surface area contributed by atoms with Gasteiger partial charge in [0.25, 0.3) is 0 Å². The number of furan rings is 1. The predicted octanol–water partition coefficient (Wildman–Crippen LogP) is 4.82.